The van der Waals surface area contributed by atoms with Gasteiger partial charge in [-0.1, -0.05) is 19.1 Å². The van der Waals surface area contributed by atoms with Crippen LogP contribution in [0, 0.1) is 18.2 Å². The van der Waals surface area contributed by atoms with Crippen LogP contribution < -0.4 is 15.4 Å². The lowest BCUT2D eigenvalue weighted by atomic mass is 9.99. The smallest absolute Gasteiger partial charge is 0.244 e. The highest BCUT2D eigenvalue weighted by molar-refractivity contribution is 5.88. The number of aryl methyl sites for hydroxylation is 1. The molecular weight excluding hydrogens is 487 g/mol. The van der Waals surface area contributed by atoms with Crippen LogP contribution >= 0.6 is 0 Å². The average molecular weight is 525 g/mol. The molecule has 0 saturated carbocycles. The Bertz CT molecular complexity index is 1140. The van der Waals surface area contributed by atoms with Gasteiger partial charge in [0.05, 0.1) is 18.8 Å². The molecule has 1 aromatic carbocycles. The minimum atomic E-state index is -1.01. The third-order valence-electron chi connectivity index (χ3n) is 6.70. The highest BCUT2D eigenvalue weighted by atomic mass is 19.1. The van der Waals surface area contributed by atoms with Crippen LogP contribution in [0.25, 0.3) is 0 Å². The van der Waals surface area contributed by atoms with Gasteiger partial charge in [-0.3, -0.25) is 14.6 Å². The molecule has 2 aliphatic heterocycles. The van der Waals surface area contributed by atoms with Crippen molar-refractivity contribution in [3.63, 3.8) is 0 Å². The molecule has 0 aliphatic carbocycles. The third-order valence-corrected chi connectivity index (χ3v) is 6.70. The van der Waals surface area contributed by atoms with Gasteiger partial charge in [0.2, 0.25) is 11.8 Å². The minimum Gasteiger partial charge on any atom is -0.491 e. The van der Waals surface area contributed by atoms with Crippen LogP contribution in [0.5, 0.6) is 5.75 Å². The van der Waals surface area contributed by atoms with Gasteiger partial charge in [0.15, 0.2) is 11.6 Å². The number of carbonyl (C=O) groups is 2. The van der Waals surface area contributed by atoms with E-state index in [0.717, 1.165) is 17.5 Å². The largest absolute Gasteiger partial charge is 0.491 e. The second kappa shape index (κ2) is 14.5. The van der Waals surface area contributed by atoms with E-state index in [0.29, 0.717) is 24.9 Å². The molecule has 0 unspecified atom stereocenters. The Balaban J connectivity index is 1.80. The quantitative estimate of drug-likeness (QED) is 0.481. The fourth-order valence-electron chi connectivity index (χ4n) is 4.37. The lowest BCUT2D eigenvalue weighted by Gasteiger charge is -2.30. The Labute approximate surface area is 224 Å². The van der Waals surface area contributed by atoms with Crippen LogP contribution in [0.2, 0.25) is 0 Å². The number of terminal acetylenes is 1. The summed E-state index contributed by atoms with van der Waals surface area (Å²) < 4.78 is 20.3. The number of rotatable bonds is 7. The van der Waals surface area contributed by atoms with Crippen LogP contribution in [0.3, 0.4) is 0 Å². The summed E-state index contributed by atoms with van der Waals surface area (Å²) in [6.07, 6.45) is 10.4. The summed E-state index contributed by atoms with van der Waals surface area (Å²) in [5.41, 5.74) is 2.68. The van der Waals surface area contributed by atoms with Gasteiger partial charge in [0, 0.05) is 45.4 Å². The van der Waals surface area contributed by atoms with Crippen LogP contribution in [-0.2, 0) is 29.0 Å². The molecule has 3 heterocycles. The maximum Gasteiger partial charge on any atom is 0.244 e. The number of amides is 2. The van der Waals surface area contributed by atoms with E-state index in [1.54, 1.807) is 25.4 Å². The third kappa shape index (κ3) is 8.27. The summed E-state index contributed by atoms with van der Waals surface area (Å²) in [7, 11) is 1.56. The number of aliphatic hydroxyl groups is 1. The molecule has 2 bridgehead atoms. The Morgan fingerprint density at radius 3 is 2.82 bits per heavy atom. The van der Waals surface area contributed by atoms with Gasteiger partial charge in [-0.15, -0.1) is 12.3 Å². The Morgan fingerprint density at radius 1 is 1.29 bits per heavy atom. The normalized spacial score (nSPS) is 19.9. The standard InChI is InChI=1S/C29H37FN4O4/c1-4-8-25-29(37)33-24(26(35)19-32-18-22-13-20(5-2)16-31-17-22)15-21-10-11-27(23(30)14-21)38-12-7-6-9-28(36)34(25)3/h1,10-11,13-14,16-17,24-26,32,35H,5-9,12,15,18-19H2,2-3H3,(H,33,37)/t24-,25-,26+/m0/s1. The van der Waals surface area contributed by atoms with Crippen LogP contribution in [0.15, 0.2) is 36.7 Å². The molecule has 9 heteroatoms. The van der Waals surface area contributed by atoms with Crippen molar-refractivity contribution >= 4 is 11.8 Å². The van der Waals surface area contributed by atoms with Gasteiger partial charge in [-0.25, -0.2) is 4.39 Å². The molecule has 1 aromatic heterocycles. The number of aromatic nitrogens is 1. The van der Waals surface area contributed by atoms with Crippen LogP contribution in [-0.4, -0.2) is 65.2 Å². The summed E-state index contributed by atoms with van der Waals surface area (Å²) in [5, 5.41) is 17.2. The summed E-state index contributed by atoms with van der Waals surface area (Å²) in [5.74, 6) is 1.41. The van der Waals surface area contributed by atoms with Crippen LogP contribution in [0.4, 0.5) is 4.39 Å². The van der Waals surface area contributed by atoms with Crippen molar-refractivity contribution in [2.45, 2.75) is 70.2 Å². The second-order valence-electron chi connectivity index (χ2n) is 9.57. The summed E-state index contributed by atoms with van der Waals surface area (Å²) in [6.45, 7) is 2.97. The molecular formula is C29H37FN4O4. The number of carbonyl (C=O) groups excluding carboxylic acids is 2. The Morgan fingerprint density at radius 2 is 2.08 bits per heavy atom. The highest BCUT2D eigenvalue weighted by Crippen LogP contribution is 2.21. The molecule has 3 atom stereocenters. The molecule has 3 N–H and O–H groups in total. The average Bonchev–Trinajstić information content (AvgIpc) is 2.91. The number of fused-ring (bicyclic) bond motifs is 13. The van der Waals surface area contributed by atoms with Gasteiger partial charge < -0.3 is 25.4 Å². The predicted octanol–water partition coefficient (Wildman–Crippen LogP) is 2.37. The Kier molecular flexibility index (Phi) is 11.1. The fourth-order valence-corrected chi connectivity index (χ4v) is 4.37. The zero-order chi connectivity index (χ0) is 27.5. The number of likely N-dealkylation sites (N-methyl/N-ethyl adjacent to an activating group) is 1. The maximum absolute atomic E-state index is 14.7. The number of halogens is 1. The van der Waals surface area contributed by atoms with E-state index < -0.39 is 29.9 Å². The monoisotopic (exact) mass is 524 g/mol. The number of nitrogens with one attached hydrogen (secondary N) is 2. The van der Waals surface area contributed by atoms with E-state index >= 15 is 0 Å². The summed E-state index contributed by atoms with van der Waals surface area (Å²) >= 11 is 0. The van der Waals surface area contributed by atoms with Gasteiger partial charge >= 0.3 is 0 Å². The van der Waals surface area contributed by atoms with E-state index in [1.165, 1.54) is 11.0 Å². The first-order chi connectivity index (χ1) is 18.3. The molecule has 0 saturated heterocycles. The number of aliphatic hydroxyl groups excluding tert-OH is 1. The van der Waals surface area contributed by atoms with Crippen molar-refractivity contribution in [1.82, 2.24) is 20.5 Å². The van der Waals surface area contributed by atoms with Gasteiger partial charge in [-0.05, 0) is 54.5 Å². The van der Waals surface area contributed by atoms with Crippen molar-refractivity contribution < 1.29 is 23.8 Å². The van der Waals surface area contributed by atoms with E-state index in [9.17, 15) is 19.1 Å². The topological polar surface area (TPSA) is 104 Å². The summed E-state index contributed by atoms with van der Waals surface area (Å²) in [6, 6.07) is 5.02. The number of ether oxygens (including phenoxy) is 1. The second-order valence-corrected chi connectivity index (χ2v) is 9.57. The highest BCUT2D eigenvalue weighted by Gasteiger charge is 2.30. The number of benzene rings is 1. The molecule has 0 spiro atoms. The zero-order valence-electron chi connectivity index (χ0n) is 22.1. The van der Waals surface area contributed by atoms with E-state index in [-0.39, 0.29) is 44.1 Å². The molecule has 2 aliphatic rings. The van der Waals surface area contributed by atoms with Crippen molar-refractivity contribution in [2.75, 3.05) is 20.2 Å². The minimum absolute atomic E-state index is 0.0301. The Hall–Kier alpha value is -3.48. The first-order valence-corrected chi connectivity index (χ1v) is 13.0. The SMILES string of the molecule is C#CC[C@H]1C(=O)N[C@H]([C@H](O)CNCc2cncc(CC)c2)Cc2ccc(c(F)c2)OCCCCC(=O)N1C. The molecule has 2 amide bonds. The molecule has 2 aromatic rings. The number of pyridine rings is 1. The fraction of sp³-hybridized carbons (Fsp3) is 0.483. The van der Waals surface area contributed by atoms with Crippen molar-refractivity contribution in [3.05, 3.63) is 59.2 Å². The summed E-state index contributed by atoms with van der Waals surface area (Å²) in [4.78, 5) is 31.7. The van der Waals surface area contributed by atoms with Gasteiger partial charge in [0.1, 0.15) is 6.04 Å². The molecule has 0 radical (unpaired) electrons. The van der Waals surface area contributed by atoms with Crippen molar-refractivity contribution in [1.29, 1.82) is 0 Å². The number of hydrogen-bond acceptors (Lipinski definition) is 6. The van der Waals surface area contributed by atoms with Crippen LogP contribution in [0.1, 0.15) is 49.3 Å². The van der Waals surface area contributed by atoms with E-state index in [1.807, 2.05) is 12.3 Å². The van der Waals surface area contributed by atoms with E-state index in [2.05, 4.69) is 28.5 Å². The first-order valence-electron chi connectivity index (χ1n) is 13.0. The number of nitrogens with zero attached hydrogens (tertiary/aromatic N) is 2. The van der Waals surface area contributed by atoms with Crippen molar-refractivity contribution in [3.8, 4) is 18.1 Å². The molecule has 4 rings (SSSR count). The molecule has 0 fully saturated rings. The maximum atomic E-state index is 14.7. The molecule has 204 valence electrons. The first kappa shape index (κ1) is 29.1. The van der Waals surface area contributed by atoms with Gasteiger partial charge in [0.25, 0.3) is 0 Å². The lowest BCUT2D eigenvalue weighted by molar-refractivity contribution is -0.139. The van der Waals surface area contributed by atoms with Gasteiger partial charge in [-0.2, -0.15) is 0 Å². The van der Waals surface area contributed by atoms with Crippen molar-refractivity contribution in [2.24, 2.45) is 0 Å². The molecule has 8 nitrogen and oxygen atoms in total. The number of hydrogen-bond donors (Lipinski definition) is 3. The zero-order valence-corrected chi connectivity index (χ0v) is 22.1. The van der Waals surface area contributed by atoms with E-state index in [4.69, 9.17) is 11.2 Å². The predicted molar refractivity (Wildman–Crippen MR) is 143 cm³/mol. The molecule has 38 heavy (non-hydrogen) atoms. The lowest BCUT2D eigenvalue weighted by Crippen LogP contribution is -2.55.